The predicted molar refractivity (Wildman–Crippen MR) is 72.6 cm³/mol. The molecule has 0 aromatic carbocycles. The first kappa shape index (κ1) is 16.1. The third-order valence-corrected chi connectivity index (χ3v) is 2.72. The van der Waals surface area contributed by atoms with Crippen molar-refractivity contribution in [1.82, 2.24) is 5.32 Å². The quantitative estimate of drug-likeness (QED) is 0.463. The van der Waals surface area contributed by atoms with E-state index < -0.39 is 0 Å². The number of nitrogens with one attached hydrogen (secondary N) is 1. The van der Waals surface area contributed by atoms with Crippen LogP contribution in [0.4, 0.5) is 0 Å². The molecule has 0 aliphatic rings. The van der Waals surface area contributed by atoms with E-state index in [1.807, 2.05) is 23.0 Å². The van der Waals surface area contributed by atoms with Gasteiger partial charge in [0.25, 0.3) is 0 Å². The van der Waals surface area contributed by atoms with Crippen LogP contribution in [0.5, 0.6) is 0 Å². The van der Waals surface area contributed by atoms with E-state index in [4.69, 9.17) is 7.80 Å². The topological polar surface area (TPSA) is 47.6 Å². The van der Waals surface area contributed by atoms with Crippen molar-refractivity contribution in [2.24, 2.45) is 0 Å². The van der Waals surface area contributed by atoms with Crippen molar-refractivity contribution >= 4 is 28.9 Å². The lowest BCUT2D eigenvalue weighted by atomic mass is 10.1. The summed E-state index contributed by atoms with van der Waals surface area (Å²) in [7, 11) is 1.68. The summed E-state index contributed by atoms with van der Waals surface area (Å²) in [6.07, 6.45) is 6.23. The second kappa shape index (κ2) is 13.2. The molecule has 0 atom stereocenters. The van der Waals surface area contributed by atoms with Crippen LogP contribution < -0.4 is 5.32 Å². The molecule has 0 unspecified atom stereocenters. The van der Waals surface area contributed by atoms with Gasteiger partial charge in [0.1, 0.15) is 23.0 Å². The molecule has 4 nitrogen and oxygen atoms in total. The van der Waals surface area contributed by atoms with Crippen LogP contribution in [-0.4, -0.2) is 32.8 Å². The normalized spacial score (nSPS) is 10.4. The third-order valence-electron chi connectivity index (χ3n) is 2.28. The summed E-state index contributed by atoms with van der Waals surface area (Å²) in [5.41, 5.74) is 0. The van der Waals surface area contributed by atoms with E-state index in [1.54, 1.807) is 7.05 Å². The molecule has 96 valence electrons. The Morgan fingerprint density at radius 2 is 1.75 bits per heavy atom. The number of hydrogen-bond acceptors (Lipinski definition) is 3. The first-order valence-electron chi connectivity index (χ1n) is 5.83. The van der Waals surface area contributed by atoms with E-state index in [9.17, 15) is 4.79 Å². The molecule has 1 N–H and O–H groups in total. The summed E-state index contributed by atoms with van der Waals surface area (Å²) in [5.74, 6) is 0.141. The zero-order chi connectivity index (χ0) is 12.1. The predicted octanol–water partition coefficient (Wildman–Crippen LogP) is 2.46. The number of hydrogen-bond donors (Lipinski definition) is 1. The monoisotopic (exact) mass is 343 g/mol. The molecule has 0 radical (unpaired) electrons. The van der Waals surface area contributed by atoms with Crippen molar-refractivity contribution in [2.75, 3.05) is 26.9 Å². The first-order chi connectivity index (χ1) is 7.81. The molecule has 0 saturated heterocycles. The highest BCUT2D eigenvalue weighted by molar-refractivity contribution is 14.1. The van der Waals surface area contributed by atoms with Crippen molar-refractivity contribution in [3.63, 3.8) is 0 Å². The number of ether oxygens (including phenoxy) is 1. The molecule has 0 aromatic heterocycles. The maximum atomic E-state index is 10.9. The Kier molecular flexibility index (Phi) is 13.3. The van der Waals surface area contributed by atoms with Crippen LogP contribution >= 0.6 is 23.0 Å². The van der Waals surface area contributed by atoms with Gasteiger partial charge < -0.3 is 13.1 Å². The molecule has 0 aliphatic carbocycles. The Balaban J connectivity index is 2.96. The van der Waals surface area contributed by atoms with Crippen molar-refractivity contribution in [3.8, 4) is 0 Å². The van der Waals surface area contributed by atoms with Crippen molar-refractivity contribution in [3.05, 3.63) is 0 Å². The van der Waals surface area contributed by atoms with E-state index in [1.165, 1.54) is 12.8 Å². The Morgan fingerprint density at radius 3 is 2.44 bits per heavy atom. The summed E-state index contributed by atoms with van der Waals surface area (Å²) in [6.45, 7) is 2.15. The van der Waals surface area contributed by atoms with Gasteiger partial charge in [-0.2, -0.15) is 0 Å². The van der Waals surface area contributed by atoms with Gasteiger partial charge in [-0.1, -0.05) is 19.3 Å². The first-order valence-corrected chi connectivity index (χ1v) is 6.71. The smallest absolute Gasteiger partial charge is 0.219 e. The molecule has 0 spiro atoms. The van der Waals surface area contributed by atoms with Gasteiger partial charge in [-0.05, 0) is 12.8 Å². The summed E-state index contributed by atoms with van der Waals surface area (Å²) in [6, 6.07) is 0. The Labute approximate surface area is 112 Å². The Bertz CT molecular complexity index is 167. The van der Waals surface area contributed by atoms with Gasteiger partial charge >= 0.3 is 0 Å². The molecule has 0 aliphatic heterocycles. The summed E-state index contributed by atoms with van der Waals surface area (Å²) in [4.78, 5) is 10.9. The molecule has 0 rings (SSSR count). The highest BCUT2D eigenvalue weighted by Crippen LogP contribution is 2.05. The van der Waals surface area contributed by atoms with E-state index in [2.05, 4.69) is 5.32 Å². The number of carbonyl (C=O) groups excluding carboxylic acids is 1. The fourth-order valence-corrected chi connectivity index (χ4v) is 1.52. The lowest BCUT2D eigenvalue weighted by Gasteiger charge is -2.03. The number of carbonyl (C=O) groups is 1. The van der Waals surface area contributed by atoms with Gasteiger partial charge in [0.2, 0.25) is 5.91 Å². The van der Waals surface area contributed by atoms with Gasteiger partial charge in [-0.25, -0.2) is 0 Å². The van der Waals surface area contributed by atoms with Crippen LogP contribution in [0, 0.1) is 0 Å². The molecule has 0 fully saturated rings. The third kappa shape index (κ3) is 12.2. The minimum absolute atomic E-state index is 0.141. The van der Waals surface area contributed by atoms with Crippen LogP contribution in [-0.2, 0) is 12.6 Å². The molecule has 0 aromatic rings. The second-order valence-corrected chi connectivity index (χ2v) is 4.24. The van der Waals surface area contributed by atoms with Crippen LogP contribution in [0.3, 0.4) is 0 Å². The lowest BCUT2D eigenvalue weighted by Crippen LogP contribution is -2.16. The average Bonchev–Trinajstić information content (AvgIpc) is 2.31. The SMILES string of the molecule is CNC(=O)CCCCCCCOCCOI. The zero-order valence-corrected chi connectivity index (χ0v) is 12.1. The van der Waals surface area contributed by atoms with E-state index >= 15 is 0 Å². The van der Waals surface area contributed by atoms with E-state index in [0.29, 0.717) is 19.6 Å². The molecular formula is C11H22INO3. The highest BCUT2D eigenvalue weighted by atomic mass is 127. The van der Waals surface area contributed by atoms with Crippen LogP contribution in [0.25, 0.3) is 0 Å². The van der Waals surface area contributed by atoms with Crippen molar-refractivity contribution < 1.29 is 12.6 Å². The van der Waals surface area contributed by atoms with Crippen LogP contribution in [0.2, 0.25) is 0 Å². The maximum Gasteiger partial charge on any atom is 0.219 e. The van der Waals surface area contributed by atoms with Crippen molar-refractivity contribution in [2.45, 2.75) is 38.5 Å². The summed E-state index contributed by atoms with van der Waals surface area (Å²) in [5, 5.41) is 2.62. The molecule has 5 heteroatoms. The van der Waals surface area contributed by atoms with E-state index in [-0.39, 0.29) is 5.91 Å². The van der Waals surface area contributed by atoms with Gasteiger partial charge in [-0.15, -0.1) is 0 Å². The van der Waals surface area contributed by atoms with Gasteiger partial charge in [0.15, 0.2) is 0 Å². The second-order valence-electron chi connectivity index (χ2n) is 3.62. The number of amides is 1. The van der Waals surface area contributed by atoms with Crippen LogP contribution in [0.1, 0.15) is 38.5 Å². The summed E-state index contributed by atoms with van der Waals surface area (Å²) < 4.78 is 10.2. The van der Waals surface area contributed by atoms with E-state index in [0.717, 1.165) is 25.9 Å². The number of halogens is 1. The number of rotatable bonds is 11. The minimum atomic E-state index is 0.141. The minimum Gasteiger partial charge on any atom is -0.379 e. The fraction of sp³-hybridized carbons (Fsp3) is 0.909. The van der Waals surface area contributed by atoms with Gasteiger partial charge in [-0.3, -0.25) is 4.79 Å². The average molecular weight is 343 g/mol. The van der Waals surface area contributed by atoms with Crippen molar-refractivity contribution in [1.29, 1.82) is 0 Å². The molecule has 0 saturated carbocycles. The molecule has 0 bridgehead atoms. The molecule has 16 heavy (non-hydrogen) atoms. The standard InChI is InChI=1S/C11H22INO3/c1-13-11(14)7-5-3-2-4-6-8-15-9-10-16-12/h2-10H2,1H3,(H,13,14). The van der Waals surface area contributed by atoms with Gasteiger partial charge in [0.05, 0.1) is 13.2 Å². The lowest BCUT2D eigenvalue weighted by molar-refractivity contribution is -0.120. The number of unbranched alkanes of at least 4 members (excludes halogenated alkanes) is 4. The van der Waals surface area contributed by atoms with Crippen LogP contribution in [0.15, 0.2) is 0 Å². The zero-order valence-electron chi connectivity index (χ0n) is 9.97. The molecular weight excluding hydrogens is 321 g/mol. The Hall–Kier alpha value is 0.120. The molecule has 1 amide bonds. The van der Waals surface area contributed by atoms with Gasteiger partial charge in [0, 0.05) is 20.1 Å². The Morgan fingerprint density at radius 1 is 1.06 bits per heavy atom. The fourth-order valence-electron chi connectivity index (χ4n) is 1.34. The largest absolute Gasteiger partial charge is 0.379 e. The highest BCUT2D eigenvalue weighted by Gasteiger charge is 1.97. The maximum absolute atomic E-state index is 10.9. The summed E-state index contributed by atoms with van der Waals surface area (Å²) >= 11 is 1.87. The molecule has 0 heterocycles.